The molecule has 1 fully saturated rings. The fourth-order valence-electron chi connectivity index (χ4n) is 2.69. The van der Waals surface area contributed by atoms with E-state index in [4.69, 9.17) is 0 Å². The van der Waals surface area contributed by atoms with Crippen molar-refractivity contribution in [2.24, 2.45) is 11.8 Å². The Morgan fingerprint density at radius 2 is 1.95 bits per heavy atom. The van der Waals surface area contributed by atoms with Gasteiger partial charge in [-0.25, -0.2) is 0 Å². The van der Waals surface area contributed by atoms with Gasteiger partial charge in [0.1, 0.15) is 5.78 Å². The van der Waals surface area contributed by atoms with Crippen LogP contribution in [-0.4, -0.2) is 18.2 Å². The molecule has 0 unspecified atom stereocenters. The second-order valence-corrected chi connectivity index (χ2v) is 6.01. The van der Waals surface area contributed by atoms with Gasteiger partial charge in [0, 0.05) is 18.2 Å². The van der Waals surface area contributed by atoms with Gasteiger partial charge in [0.15, 0.2) is 0 Å². The summed E-state index contributed by atoms with van der Waals surface area (Å²) in [5, 5.41) is 0. The quantitative estimate of drug-likeness (QED) is 0.793. The van der Waals surface area contributed by atoms with Crippen LogP contribution in [0.25, 0.3) is 0 Å². The van der Waals surface area contributed by atoms with Crippen molar-refractivity contribution in [3.8, 4) is 0 Å². The van der Waals surface area contributed by atoms with E-state index in [9.17, 15) is 9.59 Å². The van der Waals surface area contributed by atoms with Crippen LogP contribution in [0.4, 0.5) is 5.69 Å². The summed E-state index contributed by atoms with van der Waals surface area (Å²) in [4.78, 5) is 26.5. The van der Waals surface area contributed by atoms with E-state index in [0.29, 0.717) is 13.0 Å². The van der Waals surface area contributed by atoms with E-state index in [-0.39, 0.29) is 17.6 Å². The Kier molecular flexibility index (Phi) is 4.26. The van der Waals surface area contributed by atoms with Crippen LogP contribution in [0.3, 0.4) is 0 Å². The van der Waals surface area contributed by atoms with E-state index >= 15 is 0 Å². The average Bonchev–Trinajstić information content (AvgIpc) is 2.41. The van der Waals surface area contributed by atoms with E-state index in [1.807, 2.05) is 39.0 Å². The van der Waals surface area contributed by atoms with Crippen LogP contribution < -0.4 is 4.90 Å². The lowest BCUT2D eigenvalue weighted by molar-refractivity contribution is -0.135. The molecule has 1 aromatic rings. The Bertz CT molecular complexity index is 534. The molecule has 0 spiro atoms. The maximum Gasteiger partial charge on any atom is 0.237 e. The van der Waals surface area contributed by atoms with E-state index in [1.54, 1.807) is 4.90 Å². The molecule has 2 rings (SSSR count). The zero-order valence-corrected chi connectivity index (χ0v) is 12.8. The number of aryl methyl sites for hydroxylation is 2. The number of nitrogens with zero attached hydrogens (tertiary/aromatic N) is 1. The number of benzene rings is 1. The number of hydrogen-bond donors (Lipinski definition) is 0. The molecule has 1 aromatic carbocycles. The number of Topliss-reactive ketones (excluding diaryl/α,β-unsaturated/α-hetero) is 1. The molecular formula is C17H23NO2. The van der Waals surface area contributed by atoms with Gasteiger partial charge in [0.2, 0.25) is 5.91 Å². The summed E-state index contributed by atoms with van der Waals surface area (Å²) in [5.74, 6) is -0.490. The highest BCUT2D eigenvalue weighted by molar-refractivity contribution is 6.09. The first kappa shape index (κ1) is 14.8. The standard InChI is InChI=1S/C17H23NO2/c1-11(2)16(19)15-6-5-9-18(17(15)20)14-8-7-12(3)13(4)10-14/h7-8,10-11,15H,5-6,9H2,1-4H3/t15-/m1/s1. The number of amides is 1. The third-order valence-electron chi connectivity index (χ3n) is 4.15. The minimum Gasteiger partial charge on any atom is -0.312 e. The third-order valence-corrected chi connectivity index (χ3v) is 4.15. The van der Waals surface area contributed by atoms with Crippen molar-refractivity contribution in [3.63, 3.8) is 0 Å². The predicted octanol–water partition coefficient (Wildman–Crippen LogP) is 3.27. The first-order valence-electron chi connectivity index (χ1n) is 7.34. The van der Waals surface area contributed by atoms with Crippen molar-refractivity contribution >= 4 is 17.4 Å². The maximum absolute atomic E-state index is 12.6. The van der Waals surface area contributed by atoms with Crippen LogP contribution in [0.5, 0.6) is 0 Å². The molecule has 1 aliphatic heterocycles. The second-order valence-electron chi connectivity index (χ2n) is 6.01. The summed E-state index contributed by atoms with van der Waals surface area (Å²) in [6, 6.07) is 6.05. The van der Waals surface area contributed by atoms with E-state index in [1.165, 1.54) is 11.1 Å². The molecular weight excluding hydrogens is 250 g/mol. The normalized spacial score (nSPS) is 19.6. The molecule has 1 aliphatic rings. The molecule has 1 saturated heterocycles. The number of carbonyl (C=O) groups excluding carboxylic acids is 2. The monoisotopic (exact) mass is 273 g/mol. The molecule has 0 radical (unpaired) electrons. The fraction of sp³-hybridized carbons (Fsp3) is 0.529. The molecule has 1 heterocycles. The van der Waals surface area contributed by atoms with Gasteiger partial charge in [-0.3, -0.25) is 9.59 Å². The van der Waals surface area contributed by atoms with Crippen LogP contribution >= 0.6 is 0 Å². The summed E-state index contributed by atoms with van der Waals surface area (Å²) < 4.78 is 0. The highest BCUT2D eigenvalue weighted by Gasteiger charge is 2.35. The molecule has 3 nitrogen and oxygen atoms in total. The summed E-state index contributed by atoms with van der Waals surface area (Å²) in [5.41, 5.74) is 3.31. The summed E-state index contributed by atoms with van der Waals surface area (Å²) in [6.07, 6.45) is 1.58. The Morgan fingerprint density at radius 1 is 1.25 bits per heavy atom. The molecule has 0 N–H and O–H groups in total. The SMILES string of the molecule is Cc1ccc(N2CCC[C@H](C(=O)C(C)C)C2=O)cc1C. The maximum atomic E-state index is 12.6. The summed E-state index contributed by atoms with van der Waals surface area (Å²) >= 11 is 0. The number of piperidine rings is 1. The van der Waals surface area contributed by atoms with Crippen molar-refractivity contribution in [2.75, 3.05) is 11.4 Å². The highest BCUT2D eigenvalue weighted by atomic mass is 16.2. The Balaban J connectivity index is 2.26. The fourth-order valence-corrected chi connectivity index (χ4v) is 2.69. The predicted molar refractivity (Wildman–Crippen MR) is 80.8 cm³/mol. The van der Waals surface area contributed by atoms with Gasteiger partial charge in [0.25, 0.3) is 0 Å². The minimum absolute atomic E-state index is 0.0294. The first-order chi connectivity index (χ1) is 9.41. The first-order valence-corrected chi connectivity index (χ1v) is 7.34. The molecule has 1 amide bonds. The van der Waals surface area contributed by atoms with Gasteiger partial charge in [-0.05, 0) is 49.9 Å². The average molecular weight is 273 g/mol. The van der Waals surface area contributed by atoms with Gasteiger partial charge in [-0.15, -0.1) is 0 Å². The summed E-state index contributed by atoms with van der Waals surface area (Å²) in [6.45, 7) is 8.55. The third kappa shape index (κ3) is 2.77. The second kappa shape index (κ2) is 5.78. The van der Waals surface area contributed by atoms with Gasteiger partial charge < -0.3 is 4.90 Å². The Labute approximate surface area is 121 Å². The lowest BCUT2D eigenvalue weighted by Crippen LogP contribution is -2.45. The molecule has 0 saturated carbocycles. The van der Waals surface area contributed by atoms with Crippen LogP contribution in [-0.2, 0) is 9.59 Å². The molecule has 0 aromatic heterocycles. The lowest BCUT2D eigenvalue weighted by atomic mass is 9.87. The summed E-state index contributed by atoms with van der Waals surface area (Å²) in [7, 11) is 0. The highest BCUT2D eigenvalue weighted by Crippen LogP contribution is 2.27. The molecule has 0 aliphatic carbocycles. The van der Waals surface area contributed by atoms with Crippen molar-refractivity contribution in [2.45, 2.75) is 40.5 Å². The minimum atomic E-state index is -0.453. The van der Waals surface area contributed by atoms with Crippen molar-refractivity contribution in [3.05, 3.63) is 29.3 Å². The molecule has 20 heavy (non-hydrogen) atoms. The molecule has 0 bridgehead atoms. The van der Waals surface area contributed by atoms with Crippen LogP contribution in [0, 0.1) is 25.7 Å². The molecule has 3 heteroatoms. The topological polar surface area (TPSA) is 37.4 Å². The number of rotatable bonds is 3. The molecule has 1 atom stereocenters. The van der Waals surface area contributed by atoms with Crippen molar-refractivity contribution in [1.82, 2.24) is 0 Å². The number of hydrogen-bond acceptors (Lipinski definition) is 2. The van der Waals surface area contributed by atoms with E-state index in [2.05, 4.69) is 6.92 Å². The van der Waals surface area contributed by atoms with Crippen molar-refractivity contribution < 1.29 is 9.59 Å². The lowest BCUT2D eigenvalue weighted by Gasteiger charge is -2.32. The van der Waals surface area contributed by atoms with Gasteiger partial charge >= 0.3 is 0 Å². The van der Waals surface area contributed by atoms with E-state index in [0.717, 1.165) is 12.1 Å². The zero-order chi connectivity index (χ0) is 14.9. The van der Waals surface area contributed by atoms with Gasteiger partial charge in [-0.1, -0.05) is 19.9 Å². The number of anilines is 1. The largest absolute Gasteiger partial charge is 0.312 e. The van der Waals surface area contributed by atoms with Crippen LogP contribution in [0.15, 0.2) is 18.2 Å². The smallest absolute Gasteiger partial charge is 0.237 e. The van der Waals surface area contributed by atoms with Gasteiger partial charge in [0.05, 0.1) is 5.92 Å². The zero-order valence-electron chi connectivity index (χ0n) is 12.8. The number of ketones is 1. The Hall–Kier alpha value is -1.64. The van der Waals surface area contributed by atoms with Crippen molar-refractivity contribution in [1.29, 1.82) is 0 Å². The van der Waals surface area contributed by atoms with Crippen LogP contribution in [0.2, 0.25) is 0 Å². The van der Waals surface area contributed by atoms with E-state index < -0.39 is 5.92 Å². The molecule has 108 valence electrons. The Morgan fingerprint density at radius 3 is 2.55 bits per heavy atom. The van der Waals surface area contributed by atoms with Crippen LogP contribution in [0.1, 0.15) is 37.8 Å². The number of carbonyl (C=O) groups is 2. The van der Waals surface area contributed by atoms with Gasteiger partial charge in [-0.2, -0.15) is 0 Å².